The van der Waals surface area contributed by atoms with Gasteiger partial charge in [0.2, 0.25) is 0 Å². The maximum absolute atomic E-state index is 12.0. The number of carbonyl (C=O) groups is 1. The Balaban J connectivity index is 1.78. The predicted molar refractivity (Wildman–Crippen MR) is 80.8 cm³/mol. The molecule has 1 unspecified atom stereocenters. The summed E-state index contributed by atoms with van der Waals surface area (Å²) in [7, 11) is 3.37. The number of nitrogens with zero attached hydrogens (tertiary/aromatic N) is 1. The molecule has 21 heavy (non-hydrogen) atoms. The van der Waals surface area contributed by atoms with Gasteiger partial charge in [0.25, 0.3) is 0 Å². The SMILES string of the molecule is COCc1cccc(CNC(=O)N(C)CC(O)C2CC2)c1. The van der Waals surface area contributed by atoms with Gasteiger partial charge in [0.05, 0.1) is 12.7 Å². The van der Waals surface area contributed by atoms with Crippen LogP contribution < -0.4 is 5.32 Å². The quantitative estimate of drug-likeness (QED) is 0.805. The summed E-state index contributed by atoms with van der Waals surface area (Å²) in [5.41, 5.74) is 2.12. The van der Waals surface area contributed by atoms with Gasteiger partial charge < -0.3 is 20.1 Å². The van der Waals surface area contributed by atoms with Crippen LogP contribution in [0.15, 0.2) is 24.3 Å². The van der Waals surface area contributed by atoms with Crippen molar-refractivity contribution in [3.8, 4) is 0 Å². The van der Waals surface area contributed by atoms with Crippen LogP contribution in [0.4, 0.5) is 4.79 Å². The van der Waals surface area contributed by atoms with Crippen molar-refractivity contribution in [1.82, 2.24) is 10.2 Å². The van der Waals surface area contributed by atoms with E-state index in [9.17, 15) is 9.90 Å². The lowest BCUT2D eigenvalue weighted by Crippen LogP contribution is -2.41. The molecule has 1 aromatic carbocycles. The van der Waals surface area contributed by atoms with Gasteiger partial charge in [-0.1, -0.05) is 24.3 Å². The molecule has 2 N–H and O–H groups in total. The second kappa shape index (κ2) is 7.43. The fraction of sp³-hybridized carbons (Fsp3) is 0.562. The molecule has 1 aliphatic carbocycles. The molecule has 0 aromatic heterocycles. The van der Waals surface area contributed by atoms with Crippen LogP contribution >= 0.6 is 0 Å². The molecule has 5 heteroatoms. The molecule has 0 radical (unpaired) electrons. The molecule has 0 aliphatic heterocycles. The second-order valence-electron chi connectivity index (χ2n) is 5.70. The average molecular weight is 292 g/mol. The highest BCUT2D eigenvalue weighted by Gasteiger charge is 2.31. The van der Waals surface area contributed by atoms with Gasteiger partial charge in [0, 0.05) is 27.2 Å². The Morgan fingerprint density at radius 3 is 2.86 bits per heavy atom. The molecule has 1 aromatic rings. The molecule has 0 spiro atoms. The smallest absolute Gasteiger partial charge is 0.317 e. The largest absolute Gasteiger partial charge is 0.391 e. The van der Waals surface area contributed by atoms with Gasteiger partial charge in [-0.3, -0.25) is 0 Å². The van der Waals surface area contributed by atoms with E-state index in [2.05, 4.69) is 5.32 Å². The zero-order chi connectivity index (χ0) is 15.2. The molecule has 1 fully saturated rings. The van der Waals surface area contributed by atoms with Crippen LogP contribution in [0.25, 0.3) is 0 Å². The van der Waals surface area contributed by atoms with Crippen molar-refractivity contribution >= 4 is 6.03 Å². The first kappa shape index (κ1) is 15.8. The molecular formula is C16H24N2O3. The summed E-state index contributed by atoms with van der Waals surface area (Å²) in [4.78, 5) is 13.5. The number of rotatable bonds is 7. The number of urea groups is 1. The zero-order valence-electron chi connectivity index (χ0n) is 12.7. The number of ether oxygens (including phenoxy) is 1. The first-order valence-corrected chi connectivity index (χ1v) is 7.34. The van der Waals surface area contributed by atoms with E-state index in [1.165, 1.54) is 0 Å². The number of carbonyl (C=O) groups excluding carboxylic acids is 1. The molecule has 1 atom stereocenters. The molecule has 116 valence electrons. The third kappa shape index (κ3) is 5.02. The van der Waals surface area contributed by atoms with E-state index in [0.717, 1.165) is 24.0 Å². The minimum Gasteiger partial charge on any atom is -0.391 e. The van der Waals surface area contributed by atoms with Crippen molar-refractivity contribution in [3.63, 3.8) is 0 Å². The van der Waals surface area contributed by atoms with Crippen LogP contribution in [0.2, 0.25) is 0 Å². The number of nitrogens with one attached hydrogen (secondary N) is 1. The minimum atomic E-state index is -0.397. The van der Waals surface area contributed by atoms with Crippen LogP contribution in [-0.2, 0) is 17.9 Å². The second-order valence-corrected chi connectivity index (χ2v) is 5.70. The monoisotopic (exact) mass is 292 g/mol. The molecule has 0 heterocycles. The molecule has 1 saturated carbocycles. The third-order valence-corrected chi connectivity index (χ3v) is 3.72. The third-order valence-electron chi connectivity index (χ3n) is 3.72. The Labute approximate surface area is 125 Å². The van der Waals surface area contributed by atoms with Crippen molar-refractivity contribution in [2.75, 3.05) is 20.7 Å². The summed E-state index contributed by atoms with van der Waals surface area (Å²) in [6.07, 6.45) is 1.75. The Kier molecular flexibility index (Phi) is 5.59. The first-order valence-electron chi connectivity index (χ1n) is 7.34. The highest BCUT2D eigenvalue weighted by Crippen LogP contribution is 2.32. The highest BCUT2D eigenvalue weighted by atomic mass is 16.5. The van der Waals surface area contributed by atoms with E-state index in [1.807, 2.05) is 24.3 Å². The fourth-order valence-corrected chi connectivity index (χ4v) is 2.30. The minimum absolute atomic E-state index is 0.160. The van der Waals surface area contributed by atoms with Gasteiger partial charge in [0.15, 0.2) is 0 Å². The number of methoxy groups -OCH3 is 1. The van der Waals surface area contributed by atoms with Gasteiger partial charge >= 0.3 is 6.03 Å². The standard InChI is InChI=1S/C16H24N2O3/c1-18(10-15(19)14-6-7-14)16(20)17-9-12-4-3-5-13(8-12)11-21-2/h3-5,8,14-15,19H,6-7,9-11H2,1-2H3,(H,17,20). The topological polar surface area (TPSA) is 61.8 Å². The average Bonchev–Trinajstić information content (AvgIpc) is 3.30. The van der Waals surface area contributed by atoms with E-state index < -0.39 is 6.10 Å². The summed E-state index contributed by atoms with van der Waals surface area (Å²) in [5, 5.41) is 12.7. The van der Waals surface area contributed by atoms with E-state index >= 15 is 0 Å². The van der Waals surface area contributed by atoms with Crippen LogP contribution in [0.5, 0.6) is 0 Å². The van der Waals surface area contributed by atoms with Crippen molar-refractivity contribution in [1.29, 1.82) is 0 Å². The van der Waals surface area contributed by atoms with E-state index in [-0.39, 0.29) is 6.03 Å². The summed E-state index contributed by atoms with van der Waals surface area (Å²) < 4.78 is 5.10. The van der Waals surface area contributed by atoms with Gasteiger partial charge in [-0.05, 0) is 29.9 Å². The summed E-state index contributed by atoms with van der Waals surface area (Å²) in [6, 6.07) is 7.77. The van der Waals surface area contributed by atoms with Crippen molar-refractivity contribution in [2.24, 2.45) is 5.92 Å². The number of aliphatic hydroxyl groups excluding tert-OH is 1. The molecule has 0 bridgehead atoms. The van der Waals surface area contributed by atoms with Crippen molar-refractivity contribution in [3.05, 3.63) is 35.4 Å². The van der Waals surface area contributed by atoms with Gasteiger partial charge in [-0.15, -0.1) is 0 Å². The van der Waals surface area contributed by atoms with E-state index in [1.54, 1.807) is 19.1 Å². The fourth-order valence-electron chi connectivity index (χ4n) is 2.30. The number of aliphatic hydroxyl groups is 1. The normalized spacial score (nSPS) is 15.6. The van der Waals surface area contributed by atoms with Crippen LogP contribution in [0.3, 0.4) is 0 Å². The van der Waals surface area contributed by atoms with Crippen LogP contribution in [0.1, 0.15) is 24.0 Å². The molecule has 2 rings (SSSR count). The van der Waals surface area contributed by atoms with Gasteiger partial charge in [0.1, 0.15) is 0 Å². The highest BCUT2D eigenvalue weighted by molar-refractivity contribution is 5.73. The lowest BCUT2D eigenvalue weighted by atomic mass is 10.1. The first-order chi connectivity index (χ1) is 10.1. The number of hydrogen-bond donors (Lipinski definition) is 2. The zero-order valence-corrected chi connectivity index (χ0v) is 12.7. The molecule has 1 aliphatic rings. The number of likely N-dealkylation sites (N-methyl/N-ethyl adjacent to an activating group) is 1. The molecule has 0 saturated heterocycles. The predicted octanol–water partition coefficient (Wildman–Crippen LogP) is 1.75. The number of benzene rings is 1. The Bertz CT molecular complexity index is 474. The molecule has 5 nitrogen and oxygen atoms in total. The maximum Gasteiger partial charge on any atom is 0.317 e. The van der Waals surface area contributed by atoms with Crippen molar-refractivity contribution in [2.45, 2.75) is 32.1 Å². The summed E-state index contributed by atoms with van der Waals surface area (Å²) in [6.45, 7) is 1.43. The van der Waals surface area contributed by atoms with E-state index in [4.69, 9.17) is 4.74 Å². The van der Waals surface area contributed by atoms with Crippen LogP contribution in [0, 0.1) is 5.92 Å². The lowest BCUT2D eigenvalue weighted by molar-refractivity contribution is 0.113. The van der Waals surface area contributed by atoms with Crippen LogP contribution in [-0.4, -0.2) is 42.8 Å². The lowest BCUT2D eigenvalue weighted by Gasteiger charge is -2.21. The van der Waals surface area contributed by atoms with Gasteiger partial charge in [-0.25, -0.2) is 4.79 Å². The van der Waals surface area contributed by atoms with E-state index in [0.29, 0.717) is 25.6 Å². The summed E-state index contributed by atoms with van der Waals surface area (Å²) >= 11 is 0. The molecule has 2 amide bonds. The summed E-state index contributed by atoms with van der Waals surface area (Å²) in [5.74, 6) is 0.381. The number of hydrogen-bond acceptors (Lipinski definition) is 3. The Hall–Kier alpha value is -1.59. The maximum atomic E-state index is 12.0. The Morgan fingerprint density at radius 2 is 2.19 bits per heavy atom. The Morgan fingerprint density at radius 1 is 1.48 bits per heavy atom. The number of amides is 2. The molecular weight excluding hydrogens is 268 g/mol. The van der Waals surface area contributed by atoms with Crippen molar-refractivity contribution < 1.29 is 14.6 Å². The van der Waals surface area contributed by atoms with Gasteiger partial charge in [-0.2, -0.15) is 0 Å².